The molecule has 0 saturated heterocycles. The second-order valence-electron chi connectivity index (χ2n) is 6.82. The molecule has 0 heterocycles. The van der Waals surface area contributed by atoms with Gasteiger partial charge in [0, 0.05) is 0 Å². The highest BCUT2D eigenvalue weighted by Crippen LogP contribution is 2.30. The van der Waals surface area contributed by atoms with Crippen molar-refractivity contribution in [3.05, 3.63) is 71.4 Å². The van der Waals surface area contributed by atoms with Gasteiger partial charge in [0.25, 0.3) is 10.0 Å². The Morgan fingerprint density at radius 3 is 2.19 bits per heavy atom. The second-order valence-corrected chi connectivity index (χ2v) is 8.50. The van der Waals surface area contributed by atoms with E-state index in [4.69, 9.17) is 0 Å². The molecule has 4 nitrogen and oxygen atoms in total. The highest BCUT2D eigenvalue weighted by molar-refractivity contribution is 7.89. The van der Waals surface area contributed by atoms with Gasteiger partial charge in [0.05, 0.1) is 10.6 Å². The second kappa shape index (κ2) is 8.06. The van der Waals surface area contributed by atoms with Crippen LogP contribution in [0.3, 0.4) is 0 Å². The predicted molar refractivity (Wildman–Crippen MR) is 106 cm³/mol. The van der Waals surface area contributed by atoms with Crippen LogP contribution in [-0.4, -0.2) is 19.1 Å². The van der Waals surface area contributed by atoms with Gasteiger partial charge >= 0.3 is 0 Å². The van der Waals surface area contributed by atoms with Crippen molar-refractivity contribution in [3.8, 4) is 0 Å². The smallest absolute Gasteiger partial charge is 0.261 e. The lowest BCUT2D eigenvalue weighted by Crippen LogP contribution is -2.44. The highest BCUT2D eigenvalue weighted by Gasteiger charge is 2.36. The zero-order valence-electron chi connectivity index (χ0n) is 15.7. The molecule has 0 fully saturated rings. The van der Waals surface area contributed by atoms with Crippen molar-refractivity contribution in [2.24, 2.45) is 5.92 Å². The van der Waals surface area contributed by atoms with E-state index in [1.807, 2.05) is 58.0 Å². The van der Waals surface area contributed by atoms with Gasteiger partial charge in [-0.1, -0.05) is 68.8 Å². The molecule has 2 aromatic carbocycles. The molecule has 0 bridgehead atoms. The Morgan fingerprint density at radius 1 is 1.12 bits per heavy atom. The van der Waals surface area contributed by atoms with Gasteiger partial charge in [-0.2, -0.15) is 0 Å². The molecule has 0 spiro atoms. The highest BCUT2D eigenvalue weighted by atomic mass is 32.2. The first-order chi connectivity index (χ1) is 12.2. The van der Waals surface area contributed by atoms with Gasteiger partial charge in [0.1, 0.15) is 5.60 Å². The maximum absolute atomic E-state index is 12.9. The van der Waals surface area contributed by atoms with E-state index < -0.39 is 15.6 Å². The molecule has 26 heavy (non-hydrogen) atoms. The Bertz CT molecular complexity index is 856. The van der Waals surface area contributed by atoms with Gasteiger partial charge in [-0.3, -0.25) is 4.72 Å². The number of hydrogen-bond acceptors (Lipinski definition) is 3. The van der Waals surface area contributed by atoms with Crippen molar-refractivity contribution in [1.82, 2.24) is 4.72 Å². The Hall–Kier alpha value is -2.11. The fraction of sp³-hybridized carbons (Fsp3) is 0.333. The van der Waals surface area contributed by atoms with Crippen LogP contribution in [-0.2, 0) is 10.0 Å². The first-order valence-corrected chi connectivity index (χ1v) is 10.3. The summed E-state index contributed by atoms with van der Waals surface area (Å²) >= 11 is 0. The van der Waals surface area contributed by atoms with E-state index >= 15 is 0 Å². The van der Waals surface area contributed by atoms with Crippen LogP contribution in [0.25, 0.3) is 6.08 Å². The third kappa shape index (κ3) is 4.54. The fourth-order valence-electron chi connectivity index (χ4n) is 2.79. The van der Waals surface area contributed by atoms with E-state index in [0.717, 1.165) is 11.1 Å². The summed E-state index contributed by atoms with van der Waals surface area (Å²) in [5.74, 6) is -0.164. The Morgan fingerprint density at radius 2 is 1.69 bits per heavy atom. The molecule has 0 aromatic heterocycles. The molecule has 2 rings (SSSR count). The van der Waals surface area contributed by atoms with Crippen molar-refractivity contribution < 1.29 is 13.5 Å². The fourth-order valence-corrected chi connectivity index (χ4v) is 3.93. The molecule has 0 aliphatic carbocycles. The van der Waals surface area contributed by atoms with Crippen molar-refractivity contribution in [2.45, 2.75) is 44.6 Å². The molecule has 1 unspecified atom stereocenters. The summed E-state index contributed by atoms with van der Waals surface area (Å²) in [5.41, 5.74) is 0.799. The Labute approximate surface area is 156 Å². The van der Waals surface area contributed by atoms with Crippen molar-refractivity contribution >= 4 is 16.1 Å². The zero-order valence-corrected chi connectivity index (χ0v) is 16.5. The number of benzene rings is 2. The minimum Gasteiger partial charge on any atom is -0.383 e. The monoisotopic (exact) mass is 373 g/mol. The summed E-state index contributed by atoms with van der Waals surface area (Å²) in [6, 6.07) is 16.0. The molecule has 0 saturated carbocycles. The van der Waals surface area contributed by atoms with Gasteiger partial charge in [-0.15, -0.1) is 0 Å². The van der Waals surface area contributed by atoms with Crippen LogP contribution in [0.5, 0.6) is 0 Å². The maximum Gasteiger partial charge on any atom is 0.261 e. The third-order valence-corrected chi connectivity index (χ3v) is 6.03. The van der Waals surface area contributed by atoms with Crippen LogP contribution >= 0.6 is 0 Å². The molecular weight excluding hydrogens is 346 g/mol. The lowest BCUT2D eigenvalue weighted by Gasteiger charge is -2.34. The molecule has 2 N–H and O–H groups in total. The van der Waals surface area contributed by atoms with Crippen LogP contribution < -0.4 is 4.72 Å². The number of aliphatic hydroxyl groups is 1. The molecule has 0 radical (unpaired) electrons. The molecule has 2 aromatic rings. The van der Waals surface area contributed by atoms with Gasteiger partial charge in [0.15, 0.2) is 0 Å². The van der Waals surface area contributed by atoms with Crippen LogP contribution in [0.15, 0.2) is 65.2 Å². The average molecular weight is 374 g/mol. The zero-order chi connectivity index (χ0) is 19.4. The number of aryl methyl sites for hydroxylation is 1. The number of rotatable bonds is 7. The first kappa shape index (κ1) is 20.2. The minimum absolute atomic E-state index is 0.164. The quantitative estimate of drug-likeness (QED) is 0.767. The van der Waals surface area contributed by atoms with Gasteiger partial charge in [-0.05, 0) is 43.0 Å². The summed E-state index contributed by atoms with van der Waals surface area (Å²) in [4.78, 5) is 0.171. The van der Waals surface area contributed by atoms with Gasteiger partial charge in [-0.25, -0.2) is 8.42 Å². The molecule has 5 heteroatoms. The van der Waals surface area contributed by atoms with Crippen molar-refractivity contribution in [3.63, 3.8) is 0 Å². The van der Waals surface area contributed by atoms with E-state index in [1.165, 1.54) is 0 Å². The van der Waals surface area contributed by atoms with E-state index in [1.54, 1.807) is 30.3 Å². The molecular formula is C21H27NO3S. The standard InChI is InChI=1S/C21H27NO3S/c1-5-21(23,16(2)3)20(15-18-9-7-6-8-10-18)22-26(24,25)19-13-11-17(4)12-14-19/h6-16,22-23H,5H2,1-4H3/b20-15-. The lowest BCUT2D eigenvalue weighted by atomic mass is 9.84. The molecule has 1 atom stereocenters. The average Bonchev–Trinajstić information content (AvgIpc) is 2.61. The van der Waals surface area contributed by atoms with Gasteiger partial charge in [0.2, 0.25) is 0 Å². The lowest BCUT2D eigenvalue weighted by molar-refractivity contribution is 0.0251. The molecule has 0 amide bonds. The van der Waals surface area contributed by atoms with Crippen LogP contribution in [0.4, 0.5) is 0 Å². The van der Waals surface area contributed by atoms with E-state index in [9.17, 15) is 13.5 Å². The van der Waals surface area contributed by atoms with Crippen LogP contribution in [0.2, 0.25) is 0 Å². The maximum atomic E-state index is 12.9. The summed E-state index contributed by atoms with van der Waals surface area (Å²) in [6.45, 7) is 7.50. The van der Waals surface area contributed by atoms with Crippen LogP contribution in [0, 0.1) is 12.8 Å². The normalized spacial score (nSPS) is 14.9. The summed E-state index contributed by atoms with van der Waals surface area (Å²) in [5, 5.41) is 11.2. The van der Waals surface area contributed by atoms with E-state index in [2.05, 4.69) is 4.72 Å². The van der Waals surface area contributed by atoms with E-state index in [0.29, 0.717) is 6.42 Å². The summed E-state index contributed by atoms with van der Waals surface area (Å²) < 4.78 is 28.4. The van der Waals surface area contributed by atoms with E-state index in [-0.39, 0.29) is 16.5 Å². The number of hydrogen-bond donors (Lipinski definition) is 2. The van der Waals surface area contributed by atoms with Gasteiger partial charge < -0.3 is 5.11 Å². The van der Waals surface area contributed by atoms with Crippen LogP contribution in [0.1, 0.15) is 38.3 Å². The molecule has 0 aliphatic heterocycles. The Kier molecular flexibility index (Phi) is 6.26. The first-order valence-electron chi connectivity index (χ1n) is 8.78. The summed E-state index contributed by atoms with van der Waals surface area (Å²) in [7, 11) is -3.80. The Balaban J connectivity index is 2.51. The minimum atomic E-state index is -3.80. The predicted octanol–water partition coefficient (Wildman–Crippen LogP) is 4.11. The topological polar surface area (TPSA) is 66.4 Å². The SMILES string of the molecule is CCC(O)(/C(=C/c1ccccc1)NS(=O)(=O)c1ccc(C)cc1)C(C)C. The summed E-state index contributed by atoms with van der Waals surface area (Å²) in [6.07, 6.45) is 2.09. The largest absolute Gasteiger partial charge is 0.383 e. The molecule has 0 aliphatic rings. The number of sulfonamides is 1. The molecule has 140 valence electrons. The third-order valence-electron chi connectivity index (χ3n) is 4.65. The number of nitrogens with one attached hydrogen (secondary N) is 1. The van der Waals surface area contributed by atoms with Crippen molar-refractivity contribution in [2.75, 3.05) is 0 Å². The van der Waals surface area contributed by atoms with Crippen molar-refractivity contribution in [1.29, 1.82) is 0 Å².